The summed E-state index contributed by atoms with van der Waals surface area (Å²) >= 11 is 0. The lowest BCUT2D eigenvalue weighted by Crippen LogP contribution is -2.51. The van der Waals surface area contributed by atoms with Crippen LogP contribution in [0.1, 0.15) is 41.5 Å². The Morgan fingerprint density at radius 1 is 0.786 bits per heavy atom. The van der Waals surface area contributed by atoms with E-state index >= 15 is 0 Å². The molecule has 0 heterocycles. The lowest BCUT2D eigenvalue weighted by atomic mass is 10.0. The fraction of sp³-hybridized carbons (Fsp3) is 1.00. The third-order valence-electron chi connectivity index (χ3n) is 2.65. The van der Waals surface area contributed by atoms with Crippen molar-refractivity contribution in [1.82, 2.24) is 4.90 Å². The first-order chi connectivity index (χ1) is 6.29. The molecule has 0 aromatic carbocycles. The van der Waals surface area contributed by atoms with Crippen molar-refractivity contribution in [2.75, 3.05) is 0 Å². The van der Waals surface area contributed by atoms with Gasteiger partial charge in [0.1, 0.15) is 0 Å². The molecule has 0 bridgehead atoms. The minimum atomic E-state index is -0.681. The molecule has 0 saturated heterocycles. The second-order valence-corrected chi connectivity index (χ2v) is 4.61. The highest BCUT2D eigenvalue weighted by molar-refractivity contribution is 4.82. The molecule has 14 heavy (non-hydrogen) atoms. The Kier molecular flexibility index (Phi) is 5.64. The van der Waals surface area contributed by atoms with E-state index in [0.29, 0.717) is 12.1 Å². The second kappa shape index (κ2) is 5.69. The van der Waals surface area contributed by atoms with E-state index in [9.17, 15) is 10.2 Å². The predicted molar refractivity (Wildman–Crippen MR) is 59.3 cm³/mol. The molecule has 0 aromatic rings. The summed E-state index contributed by atoms with van der Waals surface area (Å²) in [5.74, 6) is 0. The van der Waals surface area contributed by atoms with Gasteiger partial charge in [-0.3, -0.25) is 4.90 Å². The van der Waals surface area contributed by atoms with Crippen LogP contribution in [0.4, 0.5) is 0 Å². The highest BCUT2D eigenvalue weighted by atomic mass is 16.3. The summed E-state index contributed by atoms with van der Waals surface area (Å²) in [5, 5.41) is 19.1. The molecule has 0 spiro atoms. The molecule has 3 heteroatoms. The molecule has 3 atom stereocenters. The number of rotatable bonds is 5. The normalized spacial score (nSPS) is 19.1. The first kappa shape index (κ1) is 13.9. The maximum atomic E-state index is 9.77. The van der Waals surface area contributed by atoms with Crippen LogP contribution in [0.25, 0.3) is 0 Å². The van der Waals surface area contributed by atoms with Gasteiger partial charge < -0.3 is 10.2 Å². The van der Waals surface area contributed by atoms with Crippen LogP contribution in [0.5, 0.6) is 0 Å². The van der Waals surface area contributed by atoms with Gasteiger partial charge in [-0.15, -0.1) is 0 Å². The van der Waals surface area contributed by atoms with Crippen LogP contribution in [0.3, 0.4) is 0 Å². The average molecular weight is 203 g/mol. The fourth-order valence-corrected chi connectivity index (χ4v) is 2.12. The van der Waals surface area contributed by atoms with E-state index in [1.807, 2.05) is 6.92 Å². The zero-order valence-electron chi connectivity index (χ0n) is 10.2. The van der Waals surface area contributed by atoms with Gasteiger partial charge in [0.25, 0.3) is 0 Å². The molecule has 0 aliphatic rings. The van der Waals surface area contributed by atoms with E-state index in [1.165, 1.54) is 0 Å². The summed E-state index contributed by atoms with van der Waals surface area (Å²) in [5.41, 5.74) is 0. The monoisotopic (exact) mass is 203 g/mol. The van der Waals surface area contributed by atoms with Gasteiger partial charge in [0.2, 0.25) is 0 Å². The van der Waals surface area contributed by atoms with Crippen molar-refractivity contribution in [2.45, 2.75) is 71.9 Å². The van der Waals surface area contributed by atoms with Crippen molar-refractivity contribution in [3.05, 3.63) is 0 Å². The summed E-state index contributed by atoms with van der Waals surface area (Å²) in [6, 6.07) is 0.729. The topological polar surface area (TPSA) is 43.7 Å². The summed E-state index contributed by atoms with van der Waals surface area (Å²) < 4.78 is 0. The van der Waals surface area contributed by atoms with E-state index < -0.39 is 12.2 Å². The molecule has 0 fully saturated rings. The molecule has 0 aromatic heterocycles. The van der Waals surface area contributed by atoms with Gasteiger partial charge in [0.05, 0.1) is 12.2 Å². The van der Waals surface area contributed by atoms with E-state index in [4.69, 9.17) is 0 Å². The van der Waals surface area contributed by atoms with E-state index in [1.54, 1.807) is 6.92 Å². The number of aliphatic hydroxyl groups is 2. The smallest absolute Gasteiger partial charge is 0.0948 e. The minimum Gasteiger partial charge on any atom is -0.391 e. The van der Waals surface area contributed by atoms with Gasteiger partial charge >= 0.3 is 0 Å². The third kappa shape index (κ3) is 3.56. The zero-order valence-corrected chi connectivity index (χ0v) is 10.2. The number of hydrogen-bond acceptors (Lipinski definition) is 3. The number of hydrogen-bond donors (Lipinski definition) is 2. The Bertz CT molecular complexity index is 149. The van der Waals surface area contributed by atoms with Gasteiger partial charge in [0.15, 0.2) is 0 Å². The number of nitrogens with zero attached hydrogens (tertiary/aromatic N) is 1. The summed E-state index contributed by atoms with van der Waals surface area (Å²) in [6.07, 6.45) is -1.36. The van der Waals surface area contributed by atoms with Crippen molar-refractivity contribution in [1.29, 1.82) is 0 Å². The van der Waals surface area contributed by atoms with Crippen molar-refractivity contribution < 1.29 is 10.2 Å². The largest absolute Gasteiger partial charge is 0.391 e. The molecule has 0 saturated carbocycles. The van der Waals surface area contributed by atoms with Crippen LogP contribution >= 0.6 is 0 Å². The summed E-state index contributed by atoms with van der Waals surface area (Å²) in [6.45, 7) is 12.0. The third-order valence-corrected chi connectivity index (χ3v) is 2.65. The molecular weight excluding hydrogens is 178 g/mol. The standard InChI is InChI=1S/C11H25NO2/c1-7(2)12(8(3)4)9(5)11(14)10(6)13/h7-11,13-14H,1-6H3. The highest BCUT2D eigenvalue weighted by Gasteiger charge is 2.28. The van der Waals surface area contributed by atoms with E-state index in [0.717, 1.165) is 0 Å². The quantitative estimate of drug-likeness (QED) is 0.706. The Labute approximate surface area is 87.7 Å². The minimum absolute atomic E-state index is 0.0185. The van der Waals surface area contributed by atoms with Gasteiger partial charge in [-0.1, -0.05) is 0 Å². The van der Waals surface area contributed by atoms with Crippen LogP contribution in [0, 0.1) is 0 Å². The van der Waals surface area contributed by atoms with Crippen LogP contribution in [0.15, 0.2) is 0 Å². The van der Waals surface area contributed by atoms with Gasteiger partial charge in [-0.05, 0) is 41.5 Å². The first-order valence-corrected chi connectivity index (χ1v) is 5.42. The Morgan fingerprint density at radius 3 is 1.36 bits per heavy atom. The molecule has 0 rings (SSSR count). The lowest BCUT2D eigenvalue weighted by molar-refractivity contribution is -0.0421. The van der Waals surface area contributed by atoms with Gasteiger partial charge in [0, 0.05) is 18.1 Å². The molecule has 0 aliphatic carbocycles. The maximum absolute atomic E-state index is 9.77. The molecule has 86 valence electrons. The van der Waals surface area contributed by atoms with Crippen LogP contribution < -0.4 is 0 Å². The first-order valence-electron chi connectivity index (χ1n) is 5.42. The molecule has 2 N–H and O–H groups in total. The molecule has 0 aliphatic heterocycles. The Balaban J connectivity index is 4.51. The van der Waals surface area contributed by atoms with Crippen molar-refractivity contribution in [2.24, 2.45) is 0 Å². The Hall–Kier alpha value is -0.120. The SMILES string of the molecule is CC(O)C(O)C(C)N(C(C)C)C(C)C. The fourth-order valence-electron chi connectivity index (χ4n) is 2.12. The molecule has 0 amide bonds. The van der Waals surface area contributed by atoms with E-state index in [-0.39, 0.29) is 6.04 Å². The maximum Gasteiger partial charge on any atom is 0.0948 e. The second-order valence-electron chi connectivity index (χ2n) is 4.61. The average Bonchev–Trinajstić information content (AvgIpc) is 2.01. The highest BCUT2D eigenvalue weighted by Crippen LogP contribution is 2.15. The predicted octanol–water partition coefficient (Wildman–Crippen LogP) is 1.24. The summed E-state index contributed by atoms with van der Waals surface area (Å²) in [4.78, 5) is 2.21. The van der Waals surface area contributed by atoms with Crippen molar-refractivity contribution in [3.63, 3.8) is 0 Å². The van der Waals surface area contributed by atoms with Crippen molar-refractivity contribution in [3.8, 4) is 0 Å². The Morgan fingerprint density at radius 2 is 1.14 bits per heavy atom. The molecular formula is C11H25NO2. The summed E-state index contributed by atoms with van der Waals surface area (Å²) in [7, 11) is 0. The van der Waals surface area contributed by atoms with Crippen LogP contribution in [-0.2, 0) is 0 Å². The van der Waals surface area contributed by atoms with Crippen molar-refractivity contribution >= 4 is 0 Å². The molecule has 3 nitrogen and oxygen atoms in total. The lowest BCUT2D eigenvalue weighted by Gasteiger charge is -2.39. The van der Waals surface area contributed by atoms with Gasteiger partial charge in [-0.2, -0.15) is 0 Å². The van der Waals surface area contributed by atoms with Crippen LogP contribution in [0.2, 0.25) is 0 Å². The zero-order chi connectivity index (χ0) is 11.5. The number of aliphatic hydroxyl groups excluding tert-OH is 2. The van der Waals surface area contributed by atoms with Gasteiger partial charge in [-0.25, -0.2) is 0 Å². The van der Waals surface area contributed by atoms with E-state index in [2.05, 4.69) is 32.6 Å². The van der Waals surface area contributed by atoms with Crippen LogP contribution in [-0.4, -0.2) is 45.4 Å². The molecule has 0 radical (unpaired) electrons. The molecule has 3 unspecified atom stereocenters.